The van der Waals surface area contributed by atoms with E-state index in [2.05, 4.69) is 30.7 Å². The highest BCUT2D eigenvalue weighted by Crippen LogP contribution is 2.41. The molecule has 0 saturated heterocycles. The minimum Gasteiger partial charge on any atom is -0.0836 e. The van der Waals surface area contributed by atoms with E-state index < -0.39 is 0 Å². The van der Waals surface area contributed by atoms with Crippen LogP contribution in [-0.4, -0.2) is 0 Å². The molecule has 13 heavy (non-hydrogen) atoms. The van der Waals surface area contributed by atoms with Crippen molar-refractivity contribution in [1.82, 2.24) is 0 Å². The first-order chi connectivity index (χ1) is 6.45. The maximum atomic E-state index is 2.41. The van der Waals surface area contributed by atoms with Gasteiger partial charge in [-0.2, -0.15) is 0 Å². The molecule has 3 rings (SSSR count). The summed E-state index contributed by atoms with van der Waals surface area (Å²) in [4.78, 5) is 0. The molecule has 0 atom stereocenters. The van der Waals surface area contributed by atoms with Gasteiger partial charge in [0, 0.05) is 6.42 Å². The molecule has 0 heteroatoms. The average molecular weight is 169 g/mol. The molecule has 0 aliphatic heterocycles. The number of fused-ring (bicyclic) bond motifs is 1. The number of hydrogen-bond acceptors (Lipinski definition) is 0. The van der Waals surface area contributed by atoms with Crippen molar-refractivity contribution in [2.24, 2.45) is 0 Å². The standard InChI is InChI=1S/C13H13/c1-3-7-12-10(5-1)9-11-6-2-4-8-13(11)12/h3-4,7-9H,1-2,5-6H2. The van der Waals surface area contributed by atoms with Gasteiger partial charge in [0.15, 0.2) is 0 Å². The van der Waals surface area contributed by atoms with E-state index in [4.69, 9.17) is 0 Å². The van der Waals surface area contributed by atoms with E-state index in [1.807, 2.05) is 0 Å². The summed E-state index contributed by atoms with van der Waals surface area (Å²) in [7, 11) is 0. The largest absolute Gasteiger partial charge is 0.0836 e. The zero-order valence-corrected chi connectivity index (χ0v) is 7.72. The first-order valence-corrected chi connectivity index (χ1v) is 5.09. The topological polar surface area (TPSA) is 0 Å². The minimum absolute atomic E-state index is 1.22. The molecule has 0 aromatic heterocycles. The molecule has 0 unspecified atom stereocenters. The van der Waals surface area contributed by atoms with Gasteiger partial charge in [-0.3, -0.25) is 0 Å². The van der Waals surface area contributed by atoms with Gasteiger partial charge in [0.25, 0.3) is 0 Å². The fraction of sp³-hybridized carbons (Fsp3) is 0.308. The molecule has 0 saturated carbocycles. The summed E-state index contributed by atoms with van der Waals surface area (Å²) in [5, 5.41) is 0. The summed E-state index contributed by atoms with van der Waals surface area (Å²) in [6.07, 6.45) is 16.5. The second-order valence-electron chi connectivity index (χ2n) is 3.90. The van der Waals surface area contributed by atoms with Crippen LogP contribution < -0.4 is 0 Å². The molecule has 0 amide bonds. The lowest BCUT2D eigenvalue weighted by Gasteiger charge is -2.10. The molecule has 3 aliphatic carbocycles. The van der Waals surface area contributed by atoms with Crippen molar-refractivity contribution in [3.05, 3.63) is 53.0 Å². The Morgan fingerprint density at radius 1 is 0.769 bits per heavy atom. The van der Waals surface area contributed by atoms with Crippen molar-refractivity contribution in [3.63, 3.8) is 0 Å². The second-order valence-corrected chi connectivity index (χ2v) is 3.90. The average Bonchev–Trinajstić information content (AvgIpc) is 2.56. The van der Waals surface area contributed by atoms with Crippen LogP contribution in [-0.2, 0) is 0 Å². The van der Waals surface area contributed by atoms with Gasteiger partial charge < -0.3 is 0 Å². The van der Waals surface area contributed by atoms with E-state index in [0.29, 0.717) is 0 Å². The van der Waals surface area contributed by atoms with E-state index in [0.717, 1.165) is 0 Å². The van der Waals surface area contributed by atoms with Crippen LogP contribution in [0, 0.1) is 6.42 Å². The van der Waals surface area contributed by atoms with Crippen molar-refractivity contribution in [3.8, 4) is 0 Å². The van der Waals surface area contributed by atoms with Gasteiger partial charge in [-0.05, 0) is 36.8 Å². The molecule has 0 bridgehead atoms. The van der Waals surface area contributed by atoms with Crippen LogP contribution in [0.4, 0.5) is 0 Å². The summed E-state index contributed by atoms with van der Waals surface area (Å²) in [5.41, 5.74) is 6.13. The third kappa shape index (κ3) is 1.05. The van der Waals surface area contributed by atoms with Crippen LogP contribution in [0.2, 0.25) is 0 Å². The van der Waals surface area contributed by atoms with Crippen molar-refractivity contribution in [2.75, 3.05) is 0 Å². The second kappa shape index (κ2) is 2.73. The molecule has 0 aromatic carbocycles. The van der Waals surface area contributed by atoms with E-state index >= 15 is 0 Å². The smallest absolute Gasteiger partial charge is 0.0129 e. The minimum atomic E-state index is 1.22. The Kier molecular flexibility index (Phi) is 1.55. The van der Waals surface area contributed by atoms with Gasteiger partial charge in [0.05, 0.1) is 0 Å². The van der Waals surface area contributed by atoms with Crippen molar-refractivity contribution >= 4 is 0 Å². The van der Waals surface area contributed by atoms with Crippen LogP contribution in [0.15, 0.2) is 46.6 Å². The molecule has 3 aliphatic rings. The van der Waals surface area contributed by atoms with Crippen LogP contribution in [0.5, 0.6) is 0 Å². The Balaban J connectivity index is 2.05. The first-order valence-electron chi connectivity index (χ1n) is 5.09. The molecule has 0 aromatic rings. The summed E-state index contributed by atoms with van der Waals surface area (Å²) in [6.45, 7) is 0. The molecule has 65 valence electrons. The van der Waals surface area contributed by atoms with E-state index in [1.165, 1.54) is 36.8 Å². The number of allylic oxidation sites excluding steroid dienone is 8. The summed E-state index contributed by atoms with van der Waals surface area (Å²) < 4.78 is 0. The summed E-state index contributed by atoms with van der Waals surface area (Å²) >= 11 is 0. The monoisotopic (exact) mass is 169 g/mol. The SMILES string of the molecule is [CH]1C2=C(C=CCC2)C2=C1CCC=C2. The van der Waals surface area contributed by atoms with Gasteiger partial charge in [0.1, 0.15) is 0 Å². The lowest BCUT2D eigenvalue weighted by atomic mass is 9.95. The predicted molar refractivity (Wildman–Crippen MR) is 55.1 cm³/mol. The zero-order valence-electron chi connectivity index (χ0n) is 7.72. The fourth-order valence-electron chi connectivity index (χ4n) is 2.40. The van der Waals surface area contributed by atoms with E-state index in [9.17, 15) is 0 Å². The Labute approximate surface area is 79.3 Å². The van der Waals surface area contributed by atoms with Gasteiger partial charge in [0.2, 0.25) is 0 Å². The highest BCUT2D eigenvalue weighted by molar-refractivity contribution is 5.64. The highest BCUT2D eigenvalue weighted by Gasteiger charge is 2.23. The third-order valence-electron chi connectivity index (χ3n) is 3.06. The molecule has 0 nitrogen and oxygen atoms in total. The van der Waals surface area contributed by atoms with Crippen LogP contribution in [0.1, 0.15) is 25.7 Å². The molecule has 0 spiro atoms. The summed E-state index contributed by atoms with van der Waals surface area (Å²) in [6, 6.07) is 0. The number of hydrogen-bond donors (Lipinski definition) is 0. The highest BCUT2D eigenvalue weighted by atomic mass is 14.3. The van der Waals surface area contributed by atoms with E-state index in [1.54, 1.807) is 11.1 Å². The lowest BCUT2D eigenvalue weighted by molar-refractivity contribution is 0.944. The quantitative estimate of drug-likeness (QED) is 0.520. The molecule has 0 heterocycles. The Bertz CT molecular complexity index is 325. The predicted octanol–water partition coefficient (Wildman–Crippen LogP) is 3.50. The normalized spacial score (nSPS) is 25.2. The molecular formula is C13H13. The van der Waals surface area contributed by atoms with Crippen molar-refractivity contribution < 1.29 is 0 Å². The van der Waals surface area contributed by atoms with Crippen molar-refractivity contribution in [2.45, 2.75) is 25.7 Å². The maximum absolute atomic E-state index is 2.41. The maximum Gasteiger partial charge on any atom is 0.0129 e. The van der Waals surface area contributed by atoms with Crippen molar-refractivity contribution in [1.29, 1.82) is 0 Å². The van der Waals surface area contributed by atoms with E-state index in [-0.39, 0.29) is 0 Å². The Morgan fingerprint density at radius 3 is 1.85 bits per heavy atom. The molecule has 0 fully saturated rings. The lowest BCUT2D eigenvalue weighted by Crippen LogP contribution is -1.90. The third-order valence-corrected chi connectivity index (χ3v) is 3.06. The molecular weight excluding hydrogens is 156 g/mol. The summed E-state index contributed by atoms with van der Waals surface area (Å²) in [5.74, 6) is 0. The van der Waals surface area contributed by atoms with Gasteiger partial charge >= 0.3 is 0 Å². The first kappa shape index (κ1) is 7.37. The van der Waals surface area contributed by atoms with Crippen LogP contribution in [0.3, 0.4) is 0 Å². The van der Waals surface area contributed by atoms with Gasteiger partial charge in [-0.15, -0.1) is 0 Å². The zero-order chi connectivity index (χ0) is 8.67. The Hall–Kier alpha value is -1.04. The molecule has 1 radical (unpaired) electrons. The fourth-order valence-corrected chi connectivity index (χ4v) is 2.40. The Morgan fingerprint density at radius 2 is 1.31 bits per heavy atom. The molecule has 0 N–H and O–H groups in total. The number of rotatable bonds is 0. The van der Waals surface area contributed by atoms with Gasteiger partial charge in [-0.1, -0.05) is 35.5 Å². The van der Waals surface area contributed by atoms with Gasteiger partial charge in [-0.25, -0.2) is 0 Å². The van der Waals surface area contributed by atoms with Crippen LogP contribution >= 0.6 is 0 Å². The van der Waals surface area contributed by atoms with Crippen LogP contribution in [0.25, 0.3) is 0 Å².